The fourth-order valence-corrected chi connectivity index (χ4v) is 4.42. The molecule has 0 spiro atoms. The predicted octanol–water partition coefficient (Wildman–Crippen LogP) is 3.20. The number of amides is 3. The number of hydrogen-bond acceptors (Lipinski definition) is 3. The predicted molar refractivity (Wildman–Crippen MR) is 123 cm³/mol. The molecule has 0 fully saturated rings. The molecule has 31 heavy (non-hydrogen) atoms. The molecule has 2 atom stereocenters. The lowest BCUT2D eigenvalue weighted by Gasteiger charge is -2.17. The topological polar surface area (TPSA) is 94.3 Å². The lowest BCUT2D eigenvalue weighted by Crippen LogP contribution is -2.47. The van der Waals surface area contributed by atoms with Crippen molar-refractivity contribution in [2.45, 2.75) is 32.4 Å². The molecule has 7 nitrogen and oxygen atoms in total. The Hall–Kier alpha value is -3.13. The van der Waals surface area contributed by atoms with E-state index in [4.69, 9.17) is 0 Å². The number of hydrogen-bond donors (Lipinski definition) is 3. The molecule has 2 heterocycles. The molecular weight excluding hydrogens is 460 g/mol. The molecule has 3 N–H and O–H groups in total. The van der Waals surface area contributed by atoms with Crippen LogP contribution in [0.2, 0.25) is 0 Å². The van der Waals surface area contributed by atoms with Crippen molar-refractivity contribution in [1.82, 2.24) is 15.6 Å². The third kappa shape index (κ3) is 4.07. The third-order valence-electron chi connectivity index (χ3n) is 5.48. The van der Waals surface area contributed by atoms with E-state index in [9.17, 15) is 14.4 Å². The highest BCUT2D eigenvalue weighted by atomic mass is 79.9. The number of H-pyrrole nitrogens is 1. The van der Waals surface area contributed by atoms with E-state index >= 15 is 0 Å². The average Bonchev–Trinajstić information content (AvgIpc) is 3.26. The molecular formula is C23H23BrN4O3. The minimum Gasteiger partial charge on any atom is -0.361 e. The molecule has 4 rings (SSSR count). The number of nitrogens with zero attached hydrogens (tertiary/aromatic N) is 1. The van der Waals surface area contributed by atoms with E-state index in [0.29, 0.717) is 18.5 Å². The van der Waals surface area contributed by atoms with Crippen molar-refractivity contribution in [1.29, 1.82) is 0 Å². The Morgan fingerprint density at radius 2 is 1.97 bits per heavy atom. The lowest BCUT2D eigenvalue weighted by atomic mass is 10.1. The van der Waals surface area contributed by atoms with Gasteiger partial charge in [-0.15, -0.1) is 0 Å². The van der Waals surface area contributed by atoms with Gasteiger partial charge in [0.05, 0.1) is 0 Å². The van der Waals surface area contributed by atoms with Gasteiger partial charge < -0.3 is 20.5 Å². The average molecular weight is 483 g/mol. The van der Waals surface area contributed by atoms with Crippen molar-refractivity contribution >= 4 is 50.2 Å². The maximum absolute atomic E-state index is 12.8. The van der Waals surface area contributed by atoms with Crippen LogP contribution >= 0.6 is 15.9 Å². The highest BCUT2D eigenvalue weighted by molar-refractivity contribution is 9.10. The maximum Gasteiger partial charge on any atom is 0.310 e. The minimum absolute atomic E-state index is 0.247. The summed E-state index contributed by atoms with van der Waals surface area (Å²) in [6.45, 7) is 4.19. The molecule has 2 aromatic carbocycles. The van der Waals surface area contributed by atoms with Gasteiger partial charge in [0.15, 0.2) is 0 Å². The van der Waals surface area contributed by atoms with Crippen molar-refractivity contribution in [3.05, 3.63) is 64.3 Å². The molecule has 1 aromatic heterocycles. The Morgan fingerprint density at radius 3 is 2.74 bits per heavy atom. The van der Waals surface area contributed by atoms with E-state index in [0.717, 1.165) is 26.6 Å². The standard InChI is InChI=1S/C23H23BrN4O3/c1-3-28-19-9-8-15(24)11-17(19)20(23(28)31)27-22(30)21(29)26-13(2)10-14-12-25-18-7-5-4-6-16(14)18/h4-9,11-13,20,25H,3,10H2,1-2H3,(H,26,29)(H,27,30)/t13-,20-/m0/s1. The van der Waals surface area contributed by atoms with Gasteiger partial charge in [0, 0.05) is 45.4 Å². The number of para-hydroxylation sites is 1. The van der Waals surface area contributed by atoms with E-state index in [1.54, 1.807) is 11.0 Å². The Balaban J connectivity index is 1.42. The monoisotopic (exact) mass is 482 g/mol. The molecule has 0 aliphatic carbocycles. The highest BCUT2D eigenvalue weighted by Crippen LogP contribution is 2.37. The van der Waals surface area contributed by atoms with Crippen LogP contribution in [0.5, 0.6) is 0 Å². The second-order valence-electron chi connectivity index (χ2n) is 7.63. The van der Waals surface area contributed by atoms with Gasteiger partial charge in [-0.25, -0.2) is 0 Å². The van der Waals surface area contributed by atoms with E-state index in [-0.39, 0.29) is 11.9 Å². The molecule has 3 aromatic rings. The maximum atomic E-state index is 12.8. The fourth-order valence-electron chi connectivity index (χ4n) is 4.04. The Kier molecular flexibility index (Phi) is 5.82. The van der Waals surface area contributed by atoms with Crippen LogP contribution < -0.4 is 15.5 Å². The van der Waals surface area contributed by atoms with Crippen LogP contribution in [0, 0.1) is 0 Å². The first kappa shape index (κ1) is 21.1. The van der Waals surface area contributed by atoms with Gasteiger partial charge in [-0.05, 0) is 50.1 Å². The van der Waals surface area contributed by atoms with Crippen LogP contribution in [0.15, 0.2) is 53.1 Å². The summed E-state index contributed by atoms with van der Waals surface area (Å²) in [4.78, 5) is 42.7. The number of carbonyl (C=O) groups is 3. The first-order valence-electron chi connectivity index (χ1n) is 10.2. The number of benzene rings is 2. The number of fused-ring (bicyclic) bond motifs is 2. The Labute approximate surface area is 188 Å². The fraction of sp³-hybridized carbons (Fsp3) is 0.261. The summed E-state index contributed by atoms with van der Waals surface area (Å²) in [5, 5.41) is 6.42. The smallest absolute Gasteiger partial charge is 0.310 e. The minimum atomic E-state index is -0.880. The van der Waals surface area contributed by atoms with Crippen LogP contribution in [-0.2, 0) is 20.8 Å². The van der Waals surface area contributed by atoms with Gasteiger partial charge in [0.25, 0.3) is 5.91 Å². The zero-order valence-electron chi connectivity index (χ0n) is 17.2. The number of aromatic nitrogens is 1. The van der Waals surface area contributed by atoms with Crippen molar-refractivity contribution < 1.29 is 14.4 Å². The Morgan fingerprint density at radius 1 is 1.19 bits per heavy atom. The van der Waals surface area contributed by atoms with Crippen molar-refractivity contribution in [2.75, 3.05) is 11.4 Å². The van der Waals surface area contributed by atoms with Gasteiger partial charge >= 0.3 is 11.8 Å². The van der Waals surface area contributed by atoms with Crippen molar-refractivity contribution in [2.24, 2.45) is 0 Å². The summed E-state index contributed by atoms with van der Waals surface area (Å²) in [5.41, 5.74) is 3.51. The van der Waals surface area contributed by atoms with Crippen LogP contribution in [0.4, 0.5) is 5.69 Å². The van der Waals surface area contributed by atoms with Crippen LogP contribution in [0.1, 0.15) is 31.0 Å². The molecule has 160 valence electrons. The van der Waals surface area contributed by atoms with Gasteiger partial charge in [-0.2, -0.15) is 0 Å². The second kappa shape index (κ2) is 8.55. The molecule has 0 saturated heterocycles. The number of anilines is 1. The lowest BCUT2D eigenvalue weighted by molar-refractivity contribution is -0.140. The van der Waals surface area contributed by atoms with Crippen molar-refractivity contribution in [3.63, 3.8) is 0 Å². The van der Waals surface area contributed by atoms with Gasteiger partial charge in [-0.1, -0.05) is 34.1 Å². The van der Waals surface area contributed by atoms with Gasteiger partial charge in [0.1, 0.15) is 6.04 Å². The zero-order chi connectivity index (χ0) is 22.1. The summed E-state index contributed by atoms with van der Waals surface area (Å²) < 4.78 is 0.799. The number of likely N-dealkylation sites (N-methyl/N-ethyl adjacent to an activating group) is 1. The normalized spacial score (nSPS) is 16.3. The van der Waals surface area contributed by atoms with Gasteiger partial charge in [-0.3, -0.25) is 14.4 Å². The molecule has 1 aliphatic heterocycles. The van der Waals surface area contributed by atoms with Crippen molar-refractivity contribution in [3.8, 4) is 0 Å². The summed E-state index contributed by atoms with van der Waals surface area (Å²) in [5.74, 6) is -1.83. The number of carbonyl (C=O) groups excluding carboxylic acids is 3. The number of rotatable bonds is 5. The van der Waals surface area contributed by atoms with Crippen LogP contribution in [-0.4, -0.2) is 35.3 Å². The van der Waals surface area contributed by atoms with E-state index < -0.39 is 17.9 Å². The summed E-state index contributed by atoms with van der Waals surface area (Å²) >= 11 is 3.40. The first-order chi connectivity index (χ1) is 14.9. The zero-order valence-corrected chi connectivity index (χ0v) is 18.8. The van der Waals surface area contributed by atoms with E-state index in [1.165, 1.54) is 0 Å². The first-order valence-corrected chi connectivity index (χ1v) is 11.0. The Bertz CT molecular complexity index is 1170. The van der Waals surface area contributed by atoms with Crippen LogP contribution in [0.3, 0.4) is 0 Å². The van der Waals surface area contributed by atoms with E-state index in [1.807, 2.05) is 56.4 Å². The highest BCUT2D eigenvalue weighted by Gasteiger charge is 2.38. The second-order valence-corrected chi connectivity index (χ2v) is 8.55. The van der Waals surface area contributed by atoms with Gasteiger partial charge in [0.2, 0.25) is 0 Å². The number of halogens is 1. The molecule has 8 heteroatoms. The molecule has 0 bridgehead atoms. The van der Waals surface area contributed by atoms with Crippen LogP contribution in [0.25, 0.3) is 10.9 Å². The summed E-state index contributed by atoms with van der Waals surface area (Å²) in [6, 6.07) is 12.3. The summed E-state index contributed by atoms with van der Waals surface area (Å²) in [6.07, 6.45) is 2.49. The molecule has 0 saturated carbocycles. The van der Waals surface area contributed by atoms with E-state index in [2.05, 4.69) is 31.5 Å². The number of aromatic amines is 1. The third-order valence-corrected chi connectivity index (χ3v) is 5.97. The quantitative estimate of drug-likeness (QED) is 0.487. The molecule has 1 aliphatic rings. The summed E-state index contributed by atoms with van der Waals surface area (Å²) in [7, 11) is 0. The number of nitrogens with one attached hydrogen (secondary N) is 3. The largest absolute Gasteiger partial charge is 0.361 e. The molecule has 3 amide bonds. The molecule has 0 radical (unpaired) electrons. The SMILES string of the molecule is CCN1C(=O)[C@@H](NC(=O)C(=O)N[C@@H](C)Cc2c[nH]c3ccccc23)c2cc(Br)ccc21. The molecule has 0 unspecified atom stereocenters.